The van der Waals surface area contributed by atoms with Crippen LogP contribution in [0.25, 0.3) is 0 Å². The highest BCUT2D eigenvalue weighted by atomic mass is 16.5. The molecule has 0 saturated carbocycles. The van der Waals surface area contributed by atoms with Gasteiger partial charge in [0.05, 0.1) is 25.9 Å². The van der Waals surface area contributed by atoms with Crippen molar-refractivity contribution in [1.29, 1.82) is 0 Å². The molecule has 27 heavy (non-hydrogen) atoms. The van der Waals surface area contributed by atoms with E-state index >= 15 is 0 Å². The van der Waals surface area contributed by atoms with E-state index in [9.17, 15) is 4.79 Å². The summed E-state index contributed by atoms with van der Waals surface area (Å²) in [6, 6.07) is 15.7. The fourth-order valence-electron chi connectivity index (χ4n) is 2.61. The highest BCUT2D eigenvalue weighted by molar-refractivity contribution is 5.89. The van der Waals surface area contributed by atoms with E-state index in [0.717, 1.165) is 16.8 Å². The van der Waals surface area contributed by atoms with E-state index in [0.29, 0.717) is 26.4 Å². The van der Waals surface area contributed by atoms with Crippen molar-refractivity contribution < 1.29 is 14.3 Å². The predicted octanol–water partition coefficient (Wildman–Crippen LogP) is 4.60. The lowest BCUT2D eigenvalue weighted by atomic mass is 10.1. The maximum absolute atomic E-state index is 12.5. The molecule has 0 bridgehead atoms. The van der Waals surface area contributed by atoms with E-state index < -0.39 is 0 Å². The molecule has 0 aliphatic carbocycles. The number of urea groups is 1. The first-order valence-corrected chi connectivity index (χ1v) is 9.30. The SMILES string of the molecule is Cc1ccccc1CN(C)C(=O)Nc1cccc(COCCOC(C)C)c1. The molecule has 2 rings (SSSR count). The van der Waals surface area contributed by atoms with Crippen LogP contribution in [0.15, 0.2) is 48.5 Å². The Morgan fingerprint density at radius 3 is 2.63 bits per heavy atom. The van der Waals surface area contributed by atoms with E-state index in [1.54, 1.807) is 11.9 Å². The third-order valence-corrected chi connectivity index (χ3v) is 4.14. The van der Waals surface area contributed by atoms with E-state index in [1.807, 2.05) is 56.3 Å². The van der Waals surface area contributed by atoms with Gasteiger partial charge < -0.3 is 19.7 Å². The number of carbonyl (C=O) groups excluding carboxylic acids is 1. The fourth-order valence-corrected chi connectivity index (χ4v) is 2.61. The molecule has 0 aromatic heterocycles. The van der Waals surface area contributed by atoms with Gasteiger partial charge in [-0.15, -0.1) is 0 Å². The molecule has 0 radical (unpaired) electrons. The normalized spacial score (nSPS) is 10.9. The standard InChI is InChI=1S/C22H30N2O3/c1-17(2)27-13-12-26-16-19-9-7-11-21(14-19)23-22(25)24(4)15-20-10-6-5-8-18(20)3/h5-11,14,17H,12-13,15-16H2,1-4H3,(H,23,25). The van der Waals surface area contributed by atoms with Crippen molar-refractivity contribution in [2.45, 2.75) is 40.0 Å². The molecule has 0 atom stereocenters. The van der Waals surface area contributed by atoms with Gasteiger partial charge in [-0.25, -0.2) is 4.79 Å². The molecule has 146 valence electrons. The Morgan fingerprint density at radius 1 is 1.11 bits per heavy atom. The molecule has 0 aliphatic rings. The first kappa shape index (κ1) is 20.9. The zero-order chi connectivity index (χ0) is 19.6. The fraction of sp³-hybridized carbons (Fsp3) is 0.409. The third kappa shape index (κ3) is 7.41. The molecule has 2 aromatic carbocycles. The van der Waals surface area contributed by atoms with Crippen molar-refractivity contribution in [2.75, 3.05) is 25.6 Å². The number of nitrogens with zero attached hydrogens (tertiary/aromatic N) is 1. The minimum absolute atomic E-state index is 0.137. The first-order valence-electron chi connectivity index (χ1n) is 9.30. The Bertz CT molecular complexity index is 731. The van der Waals surface area contributed by atoms with Crippen LogP contribution >= 0.6 is 0 Å². The topological polar surface area (TPSA) is 50.8 Å². The average molecular weight is 370 g/mol. The first-order chi connectivity index (χ1) is 13.0. The Morgan fingerprint density at radius 2 is 1.89 bits per heavy atom. The lowest BCUT2D eigenvalue weighted by Crippen LogP contribution is -2.31. The maximum Gasteiger partial charge on any atom is 0.321 e. The van der Waals surface area contributed by atoms with Gasteiger partial charge in [0, 0.05) is 19.3 Å². The second-order valence-electron chi connectivity index (χ2n) is 6.89. The second kappa shape index (κ2) is 10.7. The number of hydrogen-bond donors (Lipinski definition) is 1. The van der Waals surface area contributed by atoms with Crippen LogP contribution in [0.3, 0.4) is 0 Å². The predicted molar refractivity (Wildman–Crippen MR) is 109 cm³/mol. The molecule has 2 amide bonds. The summed E-state index contributed by atoms with van der Waals surface area (Å²) >= 11 is 0. The van der Waals surface area contributed by atoms with Crippen molar-refractivity contribution in [3.63, 3.8) is 0 Å². The number of ether oxygens (including phenoxy) is 2. The molecule has 0 spiro atoms. The lowest BCUT2D eigenvalue weighted by Gasteiger charge is -2.19. The average Bonchev–Trinajstić information content (AvgIpc) is 2.63. The van der Waals surface area contributed by atoms with Crippen molar-refractivity contribution in [2.24, 2.45) is 0 Å². The third-order valence-electron chi connectivity index (χ3n) is 4.14. The van der Waals surface area contributed by atoms with Gasteiger partial charge >= 0.3 is 6.03 Å². The molecule has 0 heterocycles. The molecular formula is C22H30N2O3. The van der Waals surface area contributed by atoms with Gasteiger partial charge in [0.2, 0.25) is 0 Å². The van der Waals surface area contributed by atoms with Crippen LogP contribution in [0.1, 0.15) is 30.5 Å². The molecule has 0 unspecified atom stereocenters. The molecule has 2 aromatic rings. The number of benzene rings is 2. The van der Waals surface area contributed by atoms with E-state index in [2.05, 4.69) is 18.3 Å². The Kier molecular flexibility index (Phi) is 8.30. The van der Waals surface area contributed by atoms with Gasteiger partial charge in [-0.05, 0) is 49.6 Å². The molecule has 5 nitrogen and oxygen atoms in total. The van der Waals surface area contributed by atoms with Gasteiger partial charge in [0.1, 0.15) is 0 Å². The summed E-state index contributed by atoms with van der Waals surface area (Å²) < 4.78 is 11.1. The number of hydrogen-bond acceptors (Lipinski definition) is 3. The Balaban J connectivity index is 1.83. The van der Waals surface area contributed by atoms with E-state index in [-0.39, 0.29) is 12.1 Å². The van der Waals surface area contributed by atoms with Crippen LogP contribution in [0.5, 0.6) is 0 Å². The molecule has 0 aliphatic heterocycles. The van der Waals surface area contributed by atoms with Crippen molar-refractivity contribution in [3.8, 4) is 0 Å². The van der Waals surface area contributed by atoms with Crippen molar-refractivity contribution in [1.82, 2.24) is 4.90 Å². The number of nitrogens with one attached hydrogen (secondary N) is 1. The smallest absolute Gasteiger partial charge is 0.321 e. The molecule has 0 fully saturated rings. The molecular weight excluding hydrogens is 340 g/mol. The number of anilines is 1. The highest BCUT2D eigenvalue weighted by Crippen LogP contribution is 2.14. The molecule has 0 saturated heterocycles. The zero-order valence-corrected chi connectivity index (χ0v) is 16.7. The van der Waals surface area contributed by atoms with E-state index in [4.69, 9.17) is 9.47 Å². The van der Waals surface area contributed by atoms with Gasteiger partial charge in [0.25, 0.3) is 0 Å². The quantitative estimate of drug-likeness (QED) is 0.656. The number of carbonyl (C=O) groups is 1. The van der Waals surface area contributed by atoms with Gasteiger partial charge in [0.15, 0.2) is 0 Å². The summed E-state index contributed by atoms with van der Waals surface area (Å²) in [5.74, 6) is 0. The zero-order valence-electron chi connectivity index (χ0n) is 16.7. The van der Waals surface area contributed by atoms with Crippen LogP contribution < -0.4 is 5.32 Å². The van der Waals surface area contributed by atoms with Crippen LogP contribution in [-0.2, 0) is 22.6 Å². The summed E-state index contributed by atoms with van der Waals surface area (Å²) in [5.41, 5.74) is 4.09. The minimum Gasteiger partial charge on any atom is -0.376 e. The van der Waals surface area contributed by atoms with Crippen molar-refractivity contribution >= 4 is 11.7 Å². The lowest BCUT2D eigenvalue weighted by molar-refractivity contribution is 0.0143. The van der Waals surface area contributed by atoms with Crippen LogP contribution in [-0.4, -0.2) is 37.3 Å². The molecule has 5 heteroatoms. The van der Waals surface area contributed by atoms with Gasteiger partial charge in [-0.3, -0.25) is 0 Å². The monoisotopic (exact) mass is 370 g/mol. The van der Waals surface area contributed by atoms with Crippen LogP contribution in [0, 0.1) is 6.92 Å². The summed E-state index contributed by atoms with van der Waals surface area (Å²) in [6.45, 7) is 8.24. The maximum atomic E-state index is 12.5. The highest BCUT2D eigenvalue weighted by Gasteiger charge is 2.10. The summed E-state index contributed by atoms with van der Waals surface area (Å²) in [4.78, 5) is 14.1. The Hall–Kier alpha value is -2.37. The van der Waals surface area contributed by atoms with Gasteiger partial charge in [-0.1, -0.05) is 36.4 Å². The minimum atomic E-state index is -0.137. The number of amides is 2. The van der Waals surface area contributed by atoms with E-state index in [1.165, 1.54) is 5.56 Å². The summed E-state index contributed by atoms with van der Waals surface area (Å²) in [7, 11) is 1.80. The Labute approximate surface area is 162 Å². The van der Waals surface area contributed by atoms with Crippen LogP contribution in [0.2, 0.25) is 0 Å². The largest absolute Gasteiger partial charge is 0.376 e. The van der Waals surface area contributed by atoms with Crippen LogP contribution in [0.4, 0.5) is 10.5 Å². The van der Waals surface area contributed by atoms with Crippen molar-refractivity contribution in [3.05, 3.63) is 65.2 Å². The van der Waals surface area contributed by atoms with Gasteiger partial charge in [-0.2, -0.15) is 0 Å². The number of rotatable bonds is 9. The summed E-state index contributed by atoms with van der Waals surface area (Å²) in [5, 5.41) is 2.95. The summed E-state index contributed by atoms with van der Waals surface area (Å²) in [6.07, 6.45) is 0.212. The molecule has 1 N–H and O–H groups in total. The second-order valence-corrected chi connectivity index (χ2v) is 6.89. The number of aryl methyl sites for hydroxylation is 1.